The summed E-state index contributed by atoms with van der Waals surface area (Å²) < 4.78 is 19.4. The van der Waals surface area contributed by atoms with Crippen LogP contribution in [0.1, 0.15) is 45.1 Å². The fourth-order valence-corrected chi connectivity index (χ4v) is 2.33. The molecule has 3 heteroatoms. The van der Waals surface area contributed by atoms with Gasteiger partial charge in [0.05, 0.1) is 0 Å². The van der Waals surface area contributed by atoms with E-state index in [0.29, 0.717) is 5.92 Å². The molecular weight excluding hydrogens is 265 g/mol. The van der Waals surface area contributed by atoms with Crippen molar-refractivity contribution in [3.63, 3.8) is 0 Å². The normalized spacial score (nSPS) is 12.5. The van der Waals surface area contributed by atoms with Gasteiger partial charge in [-0.25, -0.2) is 4.39 Å². The summed E-state index contributed by atoms with van der Waals surface area (Å²) in [6.07, 6.45) is 5.16. The van der Waals surface area contributed by atoms with E-state index < -0.39 is 0 Å². The predicted octanol–water partition coefficient (Wildman–Crippen LogP) is 4.19. The highest BCUT2D eigenvalue weighted by molar-refractivity contribution is 5.17. The van der Waals surface area contributed by atoms with Crippen molar-refractivity contribution < 1.29 is 9.13 Å². The van der Waals surface area contributed by atoms with Crippen molar-refractivity contribution in [2.45, 2.75) is 46.0 Å². The average Bonchev–Trinajstić information content (AvgIpc) is 2.49. The highest BCUT2D eigenvalue weighted by atomic mass is 19.1. The molecule has 0 spiro atoms. The molecule has 0 aliphatic carbocycles. The zero-order valence-electron chi connectivity index (χ0n) is 13.5. The smallest absolute Gasteiger partial charge is 0.126 e. The first-order chi connectivity index (χ1) is 10.3. The van der Waals surface area contributed by atoms with Crippen LogP contribution in [0.4, 0.5) is 4.39 Å². The van der Waals surface area contributed by atoms with Crippen LogP contribution in [0.3, 0.4) is 0 Å². The Morgan fingerprint density at radius 2 is 1.95 bits per heavy atom. The molecule has 0 radical (unpaired) electrons. The Labute approximate surface area is 129 Å². The van der Waals surface area contributed by atoms with E-state index in [2.05, 4.69) is 19.2 Å². The molecule has 1 rings (SSSR count). The Balaban J connectivity index is 2.41. The second kappa shape index (κ2) is 11.7. The van der Waals surface area contributed by atoms with Gasteiger partial charge in [-0.15, -0.1) is 0 Å². The minimum Gasteiger partial charge on any atom is -0.381 e. The van der Waals surface area contributed by atoms with Crippen molar-refractivity contribution in [1.82, 2.24) is 5.32 Å². The molecule has 0 heterocycles. The second-order valence-corrected chi connectivity index (χ2v) is 5.62. The van der Waals surface area contributed by atoms with Gasteiger partial charge in [0, 0.05) is 13.2 Å². The van der Waals surface area contributed by atoms with Crippen LogP contribution >= 0.6 is 0 Å². The highest BCUT2D eigenvalue weighted by Gasteiger charge is 2.12. The minimum atomic E-state index is -0.0927. The van der Waals surface area contributed by atoms with E-state index in [9.17, 15) is 4.39 Å². The lowest BCUT2D eigenvalue weighted by Gasteiger charge is -2.18. The van der Waals surface area contributed by atoms with Gasteiger partial charge in [-0.05, 0) is 56.3 Å². The van der Waals surface area contributed by atoms with Crippen LogP contribution in [-0.2, 0) is 11.2 Å². The Bertz CT molecular complexity index is 370. The van der Waals surface area contributed by atoms with Crippen molar-refractivity contribution >= 4 is 0 Å². The molecule has 21 heavy (non-hydrogen) atoms. The number of ether oxygens (including phenoxy) is 1. The van der Waals surface area contributed by atoms with E-state index in [1.807, 2.05) is 12.1 Å². The van der Waals surface area contributed by atoms with Gasteiger partial charge >= 0.3 is 0 Å². The fourth-order valence-electron chi connectivity index (χ4n) is 2.33. The van der Waals surface area contributed by atoms with Crippen LogP contribution < -0.4 is 5.32 Å². The summed E-state index contributed by atoms with van der Waals surface area (Å²) in [5.41, 5.74) is 0.814. The maximum absolute atomic E-state index is 13.8. The van der Waals surface area contributed by atoms with E-state index in [-0.39, 0.29) is 5.82 Å². The van der Waals surface area contributed by atoms with Crippen molar-refractivity contribution in [1.29, 1.82) is 0 Å². The van der Waals surface area contributed by atoms with Crippen LogP contribution in [0.25, 0.3) is 0 Å². The topological polar surface area (TPSA) is 21.3 Å². The molecule has 0 amide bonds. The molecule has 1 N–H and O–H groups in total. The molecule has 0 saturated carbocycles. The number of unbranched alkanes of at least 4 members (excludes halogenated alkanes) is 1. The maximum atomic E-state index is 13.8. The largest absolute Gasteiger partial charge is 0.381 e. The molecule has 0 bridgehead atoms. The van der Waals surface area contributed by atoms with Gasteiger partial charge in [0.15, 0.2) is 0 Å². The Morgan fingerprint density at radius 3 is 2.67 bits per heavy atom. The summed E-state index contributed by atoms with van der Waals surface area (Å²) in [4.78, 5) is 0. The molecule has 0 fully saturated rings. The van der Waals surface area contributed by atoms with Gasteiger partial charge in [-0.3, -0.25) is 0 Å². The summed E-state index contributed by atoms with van der Waals surface area (Å²) >= 11 is 0. The van der Waals surface area contributed by atoms with Gasteiger partial charge in [0.2, 0.25) is 0 Å². The molecule has 0 aliphatic rings. The average molecular weight is 295 g/mol. The van der Waals surface area contributed by atoms with E-state index >= 15 is 0 Å². The summed E-state index contributed by atoms with van der Waals surface area (Å²) in [5.74, 6) is 0.333. The minimum absolute atomic E-state index is 0.0927. The third kappa shape index (κ3) is 8.18. The van der Waals surface area contributed by atoms with Crippen LogP contribution in [0.5, 0.6) is 0 Å². The van der Waals surface area contributed by atoms with Crippen molar-refractivity contribution in [3.8, 4) is 0 Å². The van der Waals surface area contributed by atoms with Gasteiger partial charge in [0.1, 0.15) is 5.82 Å². The van der Waals surface area contributed by atoms with E-state index in [1.54, 1.807) is 12.1 Å². The standard InChI is InChI=1S/C18H30FNO/c1-3-5-12-21-13-10-16(15-20-11-4-2)14-17-8-6-7-9-18(17)19/h6-9,16,20H,3-5,10-15H2,1-2H3. The zero-order valence-corrected chi connectivity index (χ0v) is 13.5. The predicted molar refractivity (Wildman–Crippen MR) is 87.1 cm³/mol. The summed E-state index contributed by atoms with van der Waals surface area (Å²) in [5, 5.41) is 3.45. The molecule has 2 nitrogen and oxygen atoms in total. The van der Waals surface area contributed by atoms with Crippen molar-refractivity contribution in [2.75, 3.05) is 26.3 Å². The molecule has 0 aliphatic heterocycles. The number of nitrogens with one attached hydrogen (secondary N) is 1. The van der Waals surface area contributed by atoms with Crippen LogP contribution in [0.2, 0.25) is 0 Å². The van der Waals surface area contributed by atoms with E-state index in [4.69, 9.17) is 4.74 Å². The number of hydrogen-bond acceptors (Lipinski definition) is 2. The summed E-state index contributed by atoms with van der Waals surface area (Å²) in [6, 6.07) is 7.09. The van der Waals surface area contributed by atoms with Crippen molar-refractivity contribution in [2.24, 2.45) is 5.92 Å². The lowest BCUT2D eigenvalue weighted by molar-refractivity contribution is 0.117. The Hall–Kier alpha value is -0.930. The monoisotopic (exact) mass is 295 g/mol. The molecule has 1 aromatic rings. The van der Waals surface area contributed by atoms with Gasteiger partial charge in [0.25, 0.3) is 0 Å². The quantitative estimate of drug-likeness (QED) is 0.584. The first kappa shape index (κ1) is 18.1. The molecule has 120 valence electrons. The lowest BCUT2D eigenvalue weighted by atomic mass is 9.96. The van der Waals surface area contributed by atoms with E-state index in [0.717, 1.165) is 64.0 Å². The fraction of sp³-hybridized carbons (Fsp3) is 0.667. The second-order valence-electron chi connectivity index (χ2n) is 5.62. The first-order valence-electron chi connectivity index (χ1n) is 8.29. The molecule has 1 aromatic carbocycles. The lowest BCUT2D eigenvalue weighted by Crippen LogP contribution is -2.26. The summed E-state index contributed by atoms with van der Waals surface area (Å²) in [7, 11) is 0. The zero-order chi connectivity index (χ0) is 15.3. The first-order valence-corrected chi connectivity index (χ1v) is 8.29. The molecule has 1 atom stereocenters. The van der Waals surface area contributed by atoms with E-state index in [1.165, 1.54) is 0 Å². The van der Waals surface area contributed by atoms with Crippen LogP contribution in [0, 0.1) is 11.7 Å². The molecule has 1 unspecified atom stereocenters. The third-order valence-electron chi connectivity index (χ3n) is 3.64. The molecule has 0 aromatic heterocycles. The Morgan fingerprint density at radius 1 is 1.14 bits per heavy atom. The van der Waals surface area contributed by atoms with Crippen LogP contribution in [0.15, 0.2) is 24.3 Å². The third-order valence-corrected chi connectivity index (χ3v) is 3.64. The molecule has 0 saturated heterocycles. The van der Waals surface area contributed by atoms with Gasteiger partial charge in [-0.2, -0.15) is 0 Å². The molecular formula is C18H30FNO. The van der Waals surface area contributed by atoms with Gasteiger partial charge < -0.3 is 10.1 Å². The highest BCUT2D eigenvalue weighted by Crippen LogP contribution is 2.15. The summed E-state index contributed by atoms with van der Waals surface area (Å²) in [6.45, 7) is 7.88. The number of halogens is 1. The van der Waals surface area contributed by atoms with Crippen LogP contribution in [-0.4, -0.2) is 26.3 Å². The number of rotatable bonds is 12. The number of benzene rings is 1. The maximum Gasteiger partial charge on any atom is 0.126 e. The van der Waals surface area contributed by atoms with Gasteiger partial charge in [-0.1, -0.05) is 38.5 Å². The SMILES string of the molecule is CCCCOCCC(CNCCC)Cc1ccccc1F. The van der Waals surface area contributed by atoms with Crippen molar-refractivity contribution in [3.05, 3.63) is 35.6 Å². The Kier molecular flexibility index (Phi) is 10.1. The number of hydrogen-bond donors (Lipinski definition) is 1.